The van der Waals surface area contributed by atoms with Crippen LogP contribution in [0, 0.1) is 15.9 Å². The molecule has 1 aliphatic rings. The van der Waals surface area contributed by atoms with Crippen LogP contribution in [0.5, 0.6) is 0 Å². The minimum Gasteiger partial charge on any atom is -0.366 e. The summed E-state index contributed by atoms with van der Waals surface area (Å²) in [5.41, 5.74) is 0.153. The second-order valence-electron chi connectivity index (χ2n) is 2.89. The topological polar surface area (TPSA) is 67.5 Å². The third-order valence-electron chi connectivity index (χ3n) is 1.99. The highest BCUT2D eigenvalue weighted by Crippen LogP contribution is 2.29. The van der Waals surface area contributed by atoms with Gasteiger partial charge in [0.15, 0.2) is 0 Å². The fourth-order valence-corrected chi connectivity index (χ4v) is 1.51. The summed E-state index contributed by atoms with van der Waals surface area (Å²) in [5, 5.41) is 13.4. The number of halogens is 2. The lowest BCUT2D eigenvalue weighted by Crippen LogP contribution is -2.12. The summed E-state index contributed by atoms with van der Waals surface area (Å²) >= 11 is 5.74. The molecule has 0 fully saturated rings. The lowest BCUT2D eigenvalue weighted by molar-refractivity contribution is -0.387. The zero-order valence-corrected chi connectivity index (χ0v) is 8.08. The lowest BCUT2D eigenvalue weighted by atomic mass is 10.1. The Labute approximate surface area is 88.7 Å². The molecule has 1 aromatic carbocycles. The summed E-state index contributed by atoms with van der Waals surface area (Å²) in [6.07, 6.45) is 0. The summed E-state index contributed by atoms with van der Waals surface area (Å²) in [5.74, 6) is -0.891. The van der Waals surface area contributed by atoms with E-state index in [1.807, 2.05) is 0 Å². The van der Waals surface area contributed by atoms with Crippen LogP contribution in [-0.2, 0) is 0 Å². The van der Waals surface area contributed by atoms with Crippen molar-refractivity contribution in [1.29, 1.82) is 0 Å². The van der Waals surface area contributed by atoms with E-state index in [9.17, 15) is 14.5 Å². The molecule has 0 bridgehead atoms. The van der Waals surface area contributed by atoms with Gasteiger partial charge in [-0.05, 0) is 0 Å². The van der Waals surface area contributed by atoms with Gasteiger partial charge in [0, 0.05) is 23.4 Å². The Bertz CT molecular complexity index is 475. The van der Waals surface area contributed by atoms with Crippen LogP contribution in [0.4, 0.5) is 15.8 Å². The standard InChI is InChI=1S/C8H5ClFN3O2/c9-8-4-1-7(13(14)15)5(10)2-6(4)11-3-12-8/h1-2,11H,3H2. The van der Waals surface area contributed by atoms with Crippen molar-refractivity contribution in [1.82, 2.24) is 0 Å². The van der Waals surface area contributed by atoms with Gasteiger partial charge in [0.25, 0.3) is 0 Å². The van der Waals surface area contributed by atoms with E-state index in [0.717, 1.165) is 12.1 Å². The number of aliphatic imine (C=N–C) groups is 1. The molecule has 78 valence electrons. The molecule has 0 amide bonds. The van der Waals surface area contributed by atoms with Gasteiger partial charge >= 0.3 is 5.69 Å². The van der Waals surface area contributed by atoms with Crippen LogP contribution in [-0.4, -0.2) is 16.8 Å². The Balaban J connectivity index is 2.62. The summed E-state index contributed by atoms with van der Waals surface area (Å²) in [7, 11) is 0. The van der Waals surface area contributed by atoms with Gasteiger partial charge in [-0.25, -0.2) is 0 Å². The number of anilines is 1. The normalized spacial score (nSPS) is 13.9. The summed E-state index contributed by atoms with van der Waals surface area (Å²) in [6, 6.07) is 2.12. The van der Waals surface area contributed by atoms with Gasteiger partial charge in [0.1, 0.15) is 11.8 Å². The third kappa shape index (κ3) is 1.63. The molecule has 0 aliphatic carbocycles. The molecular weight excluding hydrogens is 225 g/mol. The molecule has 5 nitrogen and oxygen atoms in total. The van der Waals surface area contributed by atoms with Crippen LogP contribution in [0.15, 0.2) is 17.1 Å². The smallest absolute Gasteiger partial charge is 0.305 e. The van der Waals surface area contributed by atoms with E-state index in [1.54, 1.807) is 0 Å². The predicted molar refractivity (Wildman–Crippen MR) is 53.9 cm³/mol. The molecule has 2 rings (SSSR count). The molecular formula is C8H5ClFN3O2. The minimum atomic E-state index is -0.891. The van der Waals surface area contributed by atoms with Crippen molar-refractivity contribution in [2.45, 2.75) is 0 Å². The molecule has 1 N–H and O–H groups in total. The zero-order valence-electron chi connectivity index (χ0n) is 7.33. The van der Waals surface area contributed by atoms with Crippen molar-refractivity contribution in [3.05, 3.63) is 33.6 Å². The maximum absolute atomic E-state index is 13.2. The van der Waals surface area contributed by atoms with Gasteiger partial charge in [-0.3, -0.25) is 15.1 Å². The second kappa shape index (κ2) is 3.47. The Hall–Kier alpha value is -1.69. The van der Waals surface area contributed by atoms with Crippen molar-refractivity contribution in [3.8, 4) is 0 Å². The van der Waals surface area contributed by atoms with Crippen molar-refractivity contribution in [3.63, 3.8) is 0 Å². The van der Waals surface area contributed by atoms with Crippen molar-refractivity contribution >= 4 is 28.1 Å². The first-order valence-electron chi connectivity index (χ1n) is 4.01. The highest BCUT2D eigenvalue weighted by molar-refractivity contribution is 6.70. The molecule has 1 heterocycles. The van der Waals surface area contributed by atoms with E-state index < -0.39 is 16.4 Å². The van der Waals surface area contributed by atoms with Crippen LogP contribution in [0.1, 0.15) is 5.56 Å². The molecule has 1 aromatic rings. The molecule has 0 spiro atoms. The average Bonchev–Trinajstić information content (AvgIpc) is 2.16. The molecule has 0 unspecified atom stereocenters. The monoisotopic (exact) mass is 229 g/mol. The molecule has 0 aromatic heterocycles. The molecule has 0 saturated heterocycles. The van der Waals surface area contributed by atoms with Crippen molar-refractivity contribution in [2.75, 3.05) is 12.0 Å². The summed E-state index contributed by atoms with van der Waals surface area (Å²) < 4.78 is 13.2. The van der Waals surface area contributed by atoms with Gasteiger partial charge in [-0.2, -0.15) is 4.39 Å². The van der Waals surface area contributed by atoms with E-state index in [2.05, 4.69) is 10.3 Å². The van der Waals surface area contributed by atoms with Gasteiger partial charge in [-0.1, -0.05) is 11.6 Å². The summed E-state index contributed by atoms with van der Waals surface area (Å²) in [6.45, 7) is 0.239. The van der Waals surface area contributed by atoms with Crippen LogP contribution >= 0.6 is 11.6 Å². The highest BCUT2D eigenvalue weighted by Gasteiger charge is 2.21. The predicted octanol–water partition coefficient (Wildman–Crippen LogP) is 2.10. The lowest BCUT2D eigenvalue weighted by Gasteiger charge is -2.14. The van der Waals surface area contributed by atoms with Gasteiger partial charge in [0.2, 0.25) is 5.82 Å². The van der Waals surface area contributed by atoms with E-state index >= 15 is 0 Å². The number of rotatable bonds is 1. The third-order valence-corrected chi connectivity index (χ3v) is 2.32. The van der Waals surface area contributed by atoms with Gasteiger partial charge in [0.05, 0.1) is 4.92 Å². The molecule has 0 radical (unpaired) electrons. The second-order valence-corrected chi connectivity index (χ2v) is 3.25. The highest BCUT2D eigenvalue weighted by atomic mass is 35.5. The molecule has 1 aliphatic heterocycles. The molecule has 0 atom stereocenters. The molecule has 0 saturated carbocycles. The van der Waals surface area contributed by atoms with Crippen LogP contribution < -0.4 is 5.32 Å². The Morgan fingerprint density at radius 1 is 1.60 bits per heavy atom. The largest absolute Gasteiger partial charge is 0.366 e. The Morgan fingerprint density at radius 3 is 3.00 bits per heavy atom. The number of nitro groups is 1. The van der Waals surface area contributed by atoms with Crippen molar-refractivity contribution in [2.24, 2.45) is 4.99 Å². The minimum absolute atomic E-state index is 0.145. The number of fused-ring (bicyclic) bond motifs is 1. The number of nitro benzene ring substituents is 1. The van der Waals surface area contributed by atoms with Crippen LogP contribution in [0.2, 0.25) is 0 Å². The number of nitrogens with zero attached hydrogens (tertiary/aromatic N) is 2. The summed E-state index contributed by atoms with van der Waals surface area (Å²) in [4.78, 5) is 13.5. The van der Waals surface area contributed by atoms with Crippen LogP contribution in [0.3, 0.4) is 0 Å². The van der Waals surface area contributed by atoms with Gasteiger partial charge < -0.3 is 5.32 Å². The quantitative estimate of drug-likeness (QED) is 0.592. The maximum Gasteiger partial charge on any atom is 0.305 e. The van der Waals surface area contributed by atoms with E-state index in [4.69, 9.17) is 11.6 Å². The molecule has 15 heavy (non-hydrogen) atoms. The van der Waals surface area contributed by atoms with E-state index in [0.29, 0.717) is 11.3 Å². The Kier molecular flexibility index (Phi) is 2.28. The van der Waals surface area contributed by atoms with Gasteiger partial charge in [-0.15, -0.1) is 0 Å². The molecule has 7 heteroatoms. The number of hydrogen-bond acceptors (Lipinski definition) is 4. The fraction of sp³-hybridized carbons (Fsp3) is 0.125. The maximum atomic E-state index is 13.2. The number of nitrogens with one attached hydrogen (secondary N) is 1. The fourth-order valence-electron chi connectivity index (χ4n) is 1.30. The van der Waals surface area contributed by atoms with E-state index in [1.165, 1.54) is 0 Å². The Morgan fingerprint density at radius 2 is 2.33 bits per heavy atom. The first-order chi connectivity index (χ1) is 7.09. The van der Waals surface area contributed by atoms with Crippen molar-refractivity contribution < 1.29 is 9.31 Å². The van der Waals surface area contributed by atoms with E-state index in [-0.39, 0.29) is 11.8 Å². The number of benzene rings is 1. The average molecular weight is 230 g/mol. The first-order valence-corrected chi connectivity index (χ1v) is 4.39. The SMILES string of the molecule is O=[N+]([O-])c1cc2c(cc1F)NCN=C2Cl. The zero-order chi connectivity index (χ0) is 11.0. The number of hydrogen-bond donors (Lipinski definition) is 1. The first kappa shape index (κ1) is 9.85. The van der Waals surface area contributed by atoms with Crippen LogP contribution in [0.25, 0.3) is 0 Å².